The molecule has 154 valence electrons. The Kier molecular flexibility index (Phi) is 5.72. The number of aromatic hydroxyl groups is 1. The number of phenols is 1. The monoisotopic (exact) mass is 412 g/mol. The lowest BCUT2D eigenvalue weighted by Gasteiger charge is -2.13. The minimum absolute atomic E-state index is 0.0488. The Morgan fingerprint density at radius 3 is 2.37 bits per heavy atom. The lowest BCUT2D eigenvalue weighted by molar-refractivity contribution is -0.140. The van der Waals surface area contributed by atoms with E-state index in [1.165, 1.54) is 42.5 Å². The van der Waals surface area contributed by atoms with E-state index in [0.717, 1.165) is 4.68 Å². The van der Waals surface area contributed by atoms with Gasteiger partial charge in [-0.25, -0.2) is 9.59 Å². The van der Waals surface area contributed by atoms with Crippen molar-refractivity contribution in [3.8, 4) is 11.4 Å². The molecule has 0 spiro atoms. The fourth-order valence-electron chi connectivity index (χ4n) is 2.68. The Morgan fingerprint density at radius 2 is 1.73 bits per heavy atom. The molecule has 3 rings (SSSR count). The third-order valence-electron chi connectivity index (χ3n) is 4.19. The minimum atomic E-state index is -1.35. The SMILES string of the molecule is O=C(O)CCC(NC(=O)c1ccc(-n2nc3ccc(O)cc3nc2=O)cc1)C(=O)O. The average Bonchev–Trinajstić information content (AvgIpc) is 2.70. The average molecular weight is 412 g/mol. The van der Waals surface area contributed by atoms with Crippen LogP contribution < -0.4 is 11.0 Å². The number of amides is 1. The van der Waals surface area contributed by atoms with Crippen molar-refractivity contribution in [2.75, 3.05) is 0 Å². The van der Waals surface area contributed by atoms with E-state index in [1.807, 2.05) is 0 Å². The van der Waals surface area contributed by atoms with Crippen LogP contribution in [0.4, 0.5) is 0 Å². The number of carboxylic acids is 2. The smallest absolute Gasteiger partial charge is 0.369 e. The first-order valence-electron chi connectivity index (χ1n) is 8.70. The maximum absolute atomic E-state index is 12.3. The summed E-state index contributed by atoms with van der Waals surface area (Å²) in [6.07, 6.45) is -0.663. The van der Waals surface area contributed by atoms with Crippen molar-refractivity contribution in [1.82, 2.24) is 20.1 Å². The van der Waals surface area contributed by atoms with Crippen molar-refractivity contribution in [2.45, 2.75) is 18.9 Å². The Morgan fingerprint density at radius 1 is 1.03 bits per heavy atom. The van der Waals surface area contributed by atoms with Gasteiger partial charge in [0.25, 0.3) is 5.91 Å². The predicted octanol–water partition coefficient (Wildman–Crippen LogP) is 0.534. The van der Waals surface area contributed by atoms with Crippen molar-refractivity contribution < 1.29 is 29.7 Å². The van der Waals surface area contributed by atoms with E-state index in [4.69, 9.17) is 10.2 Å². The molecule has 1 unspecified atom stereocenters. The van der Waals surface area contributed by atoms with Gasteiger partial charge in [0.15, 0.2) is 0 Å². The highest BCUT2D eigenvalue weighted by Gasteiger charge is 2.21. The van der Waals surface area contributed by atoms with Crippen LogP contribution in [-0.4, -0.2) is 54.0 Å². The van der Waals surface area contributed by atoms with Gasteiger partial charge < -0.3 is 20.6 Å². The van der Waals surface area contributed by atoms with Gasteiger partial charge in [-0.2, -0.15) is 14.8 Å². The number of nitrogens with zero attached hydrogens (tertiary/aromatic N) is 3. The molecule has 0 aliphatic heterocycles. The van der Waals surface area contributed by atoms with Gasteiger partial charge in [0.05, 0.1) is 5.69 Å². The summed E-state index contributed by atoms with van der Waals surface area (Å²) in [6, 6.07) is 8.48. The van der Waals surface area contributed by atoms with Crippen molar-refractivity contribution in [2.24, 2.45) is 0 Å². The predicted molar refractivity (Wildman–Crippen MR) is 103 cm³/mol. The van der Waals surface area contributed by atoms with Gasteiger partial charge in [0, 0.05) is 18.1 Å². The number of benzene rings is 2. The van der Waals surface area contributed by atoms with Crippen LogP contribution in [0, 0.1) is 0 Å². The number of aromatic nitrogens is 3. The number of carbonyl (C=O) groups is 3. The number of carbonyl (C=O) groups excluding carboxylic acids is 1. The molecule has 30 heavy (non-hydrogen) atoms. The number of carboxylic acid groups (broad SMARTS) is 2. The standard InChI is InChI=1S/C19H16N4O7/c24-12-5-6-13-15(9-12)21-19(30)23(22-13)11-3-1-10(2-4-11)17(27)20-14(18(28)29)7-8-16(25)26/h1-6,9,14,24H,7-8H2,(H,20,27)(H,25,26)(H,28,29). The summed E-state index contributed by atoms with van der Waals surface area (Å²) >= 11 is 0. The van der Waals surface area contributed by atoms with Gasteiger partial charge in [0.2, 0.25) is 0 Å². The molecule has 1 aromatic heterocycles. The van der Waals surface area contributed by atoms with E-state index in [2.05, 4.69) is 15.4 Å². The second kappa shape index (κ2) is 8.39. The molecule has 11 nitrogen and oxygen atoms in total. The molecule has 1 heterocycles. The normalized spacial score (nSPS) is 11.7. The molecule has 0 fully saturated rings. The lowest BCUT2D eigenvalue weighted by Crippen LogP contribution is -2.41. The maximum atomic E-state index is 12.3. The van der Waals surface area contributed by atoms with Crippen LogP contribution in [-0.2, 0) is 9.59 Å². The number of hydrogen-bond donors (Lipinski definition) is 4. The Hall–Kier alpha value is -4.28. The van der Waals surface area contributed by atoms with Crippen LogP contribution in [0.5, 0.6) is 5.75 Å². The Bertz CT molecular complexity index is 1190. The highest BCUT2D eigenvalue weighted by molar-refractivity contribution is 5.96. The van der Waals surface area contributed by atoms with Crippen LogP contribution in [0.15, 0.2) is 47.3 Å². The van der Waals surface area contributed by atoms with Crippen molar-refractivity contribution >= 4 is 28.9 Å². The fraction of sp³-hybridized carbons (Fsp3) is 0.158. The van der Waals surface area contributed by atoms with Crippen LogP contribution in [0.2, 0.25) is 0 Å². The van der Waals surface area contributed by atoms with Crippen molar-refractivity contribution in [1.29, 1.82) is 0 Å². The molecule has 11 heteroatoms. The Labute approximate surface area is 168 Å². The van der Waals surface area contributed by atoms with Gasteiger partial charge in [-0.1, -0.05) is 0 Å². The zero-order valence-electron chi connectivity index (χ0n) is 15.3. The molecule has 4 N–H and O–H groups in total. The second-order valence-electron chi connectivity index (χ2n) is 6.32. The number of phenolic OH excluding ortho intramolecular Hbond substituents is 1. The summed E-state index contributed by atoms with van der Waals surface area (Å²) in [7, 11) is 0. The number of nitrogens with one attached hydrogen (secondary N) is 1. The van der Waals surface area contributed by atoms with Crippen LogP contribution in [0.3, 0.4) is 0 Å². The molecule has 3 aromatic rings. The van der Waals surface area contributed by atoms with E-state index in [9.17, 15) is 24.3 Å². The molecule has 0 saturated carbocycles. The number of rotatable bonds is 7. The van der Waals surface area contributed by atoms with E-state index in [0.29, 0.717) is 11.2 Å². The molecule has 0 radical (unpaired) electrons. The van der Waals surface area contributed by atoms with Gasteiger partial charge in [-0.15, -0.1) is 0 Å². The quantitative estimate of drug-likeness (QED) is 0.432. The molecular weight excluding hydrogens is 396 g/mol. The summed E-state index contributed by atoms with van der Waals surface area (Å²) in [6.45, 7) is 0. The Balaban J connectivity index is 1.81. The first kappa shape index (κ1) is 20.5. The number of hydrogen-bond acceptors (Lipinski definition) is 7. The second-order valence-corrected chi connectivity index (χ2v) is 6.32. The van der Waals surface area contributed by atoms with Gasteiger partial charge in [-0.05, 0) is 42.8 Å². The molecule has 0 saturated heterocycles. The summed E-state index contributed by atoms with van der Waals surface area (Å²) in [5.41, 5.74) is 0.349. The first-order chi connectivity index (χ1) is 14.2. The van der Waals surface area contributed by atoms with Crippen LogP contribution in [0.1, 0.15) is 23.2 Å². The van der Waals surface area contributed by atoms with Crippen molar-refractivity contribution in [3.63, 3.8) is 0 Å². The van der Waals surface area contributed by atoms with E-state index in [-0.39, 0.29) is 23.3 Å². The minimum Gasteiger partial charge on any atom is -0.508 e. The summed E-state index contributed by atoms with van der Waals surface area (Å²) in [5, 5.41) is 33.7. The molecule has 1 atom stereocenters. The molecule has 2 aromatic carbocycles. The molecule has 0 aliphatic rings. The summed E-state index contributed by atoms with van der Waals surface area (Å²) < 4.78 is 1.02. The molecule has 1 amide bonds. The highest BCUT2D eigenvalue weighted by atomic mass is 16.4. The first-order valence-corrected chi connectivity index (χ1v) is 8.70. The van der Waals surface area contributed by atoms with Crippen molar-refractivity contribution in [3.05, 3.63) is 58.5 Å². The topological polar surface area (TPSA) is 172 Å². The largest absolute Gasteiger partial charge is 0.508 e. The third-order valence-corrected chi connectivity index (χ3v) is 4.19. The lowest BCUT2D eigenvalue weighted by atomic mass is 10.1. The maximum Gasteiger partial charge on any atom is 0.369 e. The zero-order valence-corrected chi connectivity index (χ0v) is 15.3. The summed E-state index contributed by atoms with van der Waals surface area (Å²) in [5.74, 6) is -3.26. The number of aliphatic carboxylic acids is 2. The van der Waals surface area contributed by atoms with Crippen LogP contribution >= 0.6 is 0 Å². The zero-order chi connectivity index (χ0) is 21.8. The van der Waals surface area contributed by atoms with Gasteiger partial charge in [-0.3, -0.25) is 9.59 Å². The fourth-order valence-corrected chi connectivity index (χ4v) is 2.68. The molecule has 0 aliphatic carbocycles. The molecular formula is C19H16N4O7. The van der Waals surface area contributed by atoms with Crippen LogP contribution in [0.25, 0.3) is 16.7 Å². The highest BCUT2D eigenvalue weighted by Crippen LogP contribution is 2.15. The van der Waals surface area contributed by atoms with E-state index >= 15 is 0 Å². The summed E-state index contributed by atoms with van der Waals surface area (Å²) in [4.78, 5) is 50.2. The van der Waals surface area contributed by atoms with E-state index < -0.39 is 36.0 Å². The van der Waals surface area contributed by atoms with E-state index in [1.54, 1.807) is 0 Å². The molecule has 0 bridgehead atoms. The van der Waals surface area contributed by atoms with Gasteiger partial charge in [0.1, 0.15) is 22.8 Å². The third kappa shape index (κ3) is 4.58. The van der Waals surface area contributed by atoms with Gasteiger partial charge >= 0.3 is 17.6 Å². The number of fused-ring (bicyclic) bond motifs is 1.